The number of nitrogens with one attached hydrogen (secondary N) is 7. The summed E-state index contributed by atoms with van der Waals surface area (Å²) in [5.41, 5.74) is 14.6. The lowest BCUT2D eigenvalue weighted by Crippen LogP contribution is -2.37. The molecule has 0 aliphatic carbocycles. The van der Waals surface area contributed by atoms with E-state index in [4.69, 9.17) is 57.4 Å². The van der Waals surface area contributed by atoms with Crippen LogP contribution in [0.15, 0.2) is 100 Å². The van der Waals surface area contributed by atoms with Gasteiger partial charge in [0.25, 0.3) is 5.91 Å². The van der Waals surface area contributed by atoms with Gasteiger partial charge in [-0.05, 0) is 122 Å². The number of fused-ring (bicyclic) bond motifs is 7. The molecular formula is C82H103N11O16. The summed E-state index contributed by atoms with van der Waals surface area (Å²) in [7, 11) is 5.90. The molecule has 0 fully saturated rings. The molecule has 0 spiro atoms. The van der Waals surface area contributed by atoms with Crippen LogP contribution in [0.1, 0.15) is 132 Å². The van der Waals surface area contributed by atoms with Crippen molar-refractivity contribution in [1.29, 1.82) is 0 Å². The third-order valence-electron chi connectivity index (χ3n) is 19.2. The molecule has 0 saturated carbocycles. The Morgan fingerprint density at radius 2 is 1.32 bits per heavy atom. The van der Waals surface area contributed by atoms with Gasteiger partial charge in [0.05, 0.1) is 83.8 Å². The van der Waals surface area contributed by atoms with Crippen LogP contribution < -0.4 is 36.1 Å². The first-order valence-electron chi connectivity index (χ1n) is 37.1. The van der Waals surface area contributed by atoms with Gasteiger partial charge in [-0.1, -0.05) is 56.5 Å². The van der Waals surface area contributed by atoms with E-state index in [9.17, 15) is 28.8 Å². The monoisotopic (exact) mass is 1500 g/mol. The number of hydrogen-bond acceptors (Lipinski definition) is 21. The minimum atomic E-state index is -0.772. The Morgan fingerprint density at radius 1 is 0.679 bits per heavy atom. The van der Waals surface area contributed by atoms with Gasteiger partial charge in [-0.3, -0.25) is 38.8 Å². The molecule has 27 nitrogen and oxygen atoms in total. The second-order valence-electron chi connectivity index (χ2n) is 26.6. The molecule has 3 aliphatic rings. The van der Waals surface area contributed by atoms with Gasteiger partial charge in [-0.2, -0.15) is 0 Å². The summed E-state index contributed by atoms with van der Waals surface area (Å²) in [6.45, 7) is 18.4. The quantitative estimate of drug-likeness (QED) is 0.0107. The van der Waals surface area contributed by atoms with Gasteiger partial charge >= 0.3 is 11.9 Å². The van der Waals surface area contributed by atoms with Crippen molar-refractivity contribution in [2.75, 3.05) is 139 Å². The number of H-pyrrole nitrogens is 2. The van der Waals surface area contributed by atoms with E-state index in [2.05, 4.69) is 92.6 Å². The molecule has 6 heterocycles. The van der Waals surface area contributed by atoms with Crippen molar-refractivity contribution in [3.8, 4) is 23.3 Å². The van der Waals surface area contributed by atoms with Gasteiger partial charge in [0.15, 0.2) is 11.5 Å². The molecular weight excluding hydrogens is 1390 g/mol. The molecule has 3 aromatic heterocycles. The van der Waals surface area contributed by atoms with Crippen LogP contribution in [0.4, 0.5) is 11.5 Å². The van der Waals surface area contributed by atoms with Gasteiger partial charge in [0.2, 0.25) is 17.7 Å². The van der Waals surface area contributed by atoms with Gasteiger partial charge in [-0.15, -0.1) is 0 Å². The maximum Gasteiger partial charge on any atom is 0.306 e. The Kier molecular flexibility index (Phi) is 32.2. The fraction of sp³-hybridized carbons (Fsp3) is 0.463. The first-order valence-corrected chi connectivity index (χ1v) is 37.1. The number of carbonyl (C=O) groups excluding carboxylic acids is 6. The zero-order valence-electron chi connectivity index (χ0n) is 64.0. The number of aromatic amines is 2. The minimum Gasteiger partial charge on any atom is -0.487 e. The summed E-state index contributed by atoms with van der Waals surface area (Å²) < 4.78 is 55.0. The number of methoxy groups -OCH3 is 4. The Balaban J connectivity index is 0.636. The van der Waals surface area contributed by atoms with E-state index >= 15 is 0 Å². The lowest BCUT2D eigenvalue weighted by atomic mass is 9.79. The van der Waals surface area contributed by atoms with Crippen molar-refractivity contribution in [3.63, 3.8) is 0 Å². The van der Waals surface area contributed by atoms with Gasteiger partial charge < -0.3 is 83.9 Å². The van der Waals surface area contributed by atoms with E-state index in [0.29, 0.717) is 157 Å². The first-order chi connectivity index (χ1) is 52.9. The lowest BCUT2D eigenvalue weighted by molar-refractivity contribution is -0.141. The van der Waals surface area contributed by atoms with E-state index < -0.39 is 29.6 Å². The van der Waals surface area contributed by atoms with Gasteiger partial charge in [0.1, 0.15) is 38.6 Å². The Bertz CT molecular complexity index is 4370. The highest BCUT2D eigenvalue weighted by atomic mass is 16.6. The number of esters is 2. The summed E-state index contributed by atoms with van der Waals surface area (Å²) in [6.07, 6.45) is 8.88. The maximum absolute atomic E-state index is 14.7. The predicted octanol–water partition coefficient (Wildman–Crippen LogP) is 8.90. The topological polar surface area (TPSA) is 337 Å². The standard InChI is InChI=1S/C82H103N11O16/c1-11-59-51(3)64-44-66-53(5)61(23-24-76(97)102-9)79(92-66)63(43-77(98)103-10)80-78(54(6)67(93-80)46-70-60(12-2)52(4)65(91-70)45-69(59)90-64)82(99)86-28-27-85-75(96)49-107-48-74(95)84-26-16-30-105-34-36-106-35-33-104-29-15-25-83-73(94)41-57-19-13-17-55(39-57)21-22-56-18-14-20-58(40-56)89-81-62-42-71(108-37-31-100-7)72(109-38-32-101-8)47-68(62)87-50-88-81/h11,13-14,17-20,39-40,42,44,47,50,53,61,63,65,90,93H,1,12,15-16,23-38,41,43,45-46,48-49H2,2-10H3,(H,83,94)(H,84,95)(H,85,96)(H,86,99)(H,87,88,89)/t53-,61-,63?,65?/m0/s1. The largest absolute Gasteiger partial charge is 0.487 e. The predicted molar refractivity (Wildman–Crippen MR) is 415 cm³/mol. The number of aliphatic imine (C=N–C) groups is 2. The van der Waals surface area contributed by atoms with E-state index in [1.54, 1.807) is 14.2 Å². The van der Waals surface area contributed by atoms with Crippen LogP contribution >= 0.6 is 0 Å². The molecule has 582 valence electrons. The molecule has 109 heavy (non-hydrogen) atoms. The second kappa shape index (κ2) is 42.4. The number of hydrogen-bond donors (Lipinski definition) is 7. The second-order valence-corrected chi connectivity index (χ2v) is 26.6. The van der Waals surface area contributed by atoms with Crippen molar-refractivity contribution in [2.24, 2.45) is 21.8 Å². The smallest absolute Gasteiger partial charge is 0.306 e. The zero-order valence-corrected chi connectivity index (χ0v) is 64.0. The van der Waals surface area contributed by atoms with Crippen LogP contribution in [0.2, 0.25) is 0 Å². The van der Waals surface area contributed by atoms with Crippen LogP contribution in [0.5, 0.6) is 11.5 Å². The molecule has 3 aromatic carbocycles. The fourth-order valence-electron chi connectivity index (χ4n) is 13.5. The minimum absolute atomic E-state index is 0.0425. The number of anilines is 2. The van der Waals surface area contributed by atoms with E-state index in [1.165, 1.54) is 26.1 Å². The van der Waals surface area contributed by atoms with E-state index in [-0.39, 0.29) is 75.3 Å². The Morgan fingerprint density at radius 3 is 1.99 bits per heavy atom. The Hall–Kier alpha value is -10.3. The van der Waals surface area contributed by atoms with Crippen LogP contribution in [0, 0.1) is 37.5 Å². The molecule has 9 rings (SSSR count). The van der Waals surface area contributed by atoms with Crippen LogP contribution in [-0.2, 0) is 81.1 Å². The molecule has 6 aromatic rings. The number of carbonyl (C=O) groups is 6. The number of nitrogens with zero attached hydrogens (tertiary/aromatic N) is 4. The average Bonchev–Trinajstić information content (AvgIpc) is 1.62. The summed E-state index contributed by atoms with van der Waals surface area (Å²) in [5, 5.41) is 15.6. The number of allylic oxidation sites excluding steroid dienone is 2. The molecule has 3 aliphatic heterocycles. The molecule has 8 bridgehead atoms. The highest BCUT2D eigenvalue weighted by molar-refractivity contribution is 6.07. The Labute approximate surface area is 636 Å². The van der Waals surface area contributed by atoms with Crippen molar-refractivity contribution in [3.05, 3.63) is 152 Å². The number of amides is 4. The molecule has 4 atom stereocenters. The summed E-state index contributed by atoms with van der Waals surface area (Å²) in [5.74, 6) is 4.55. The van der Waals surface area contributed by atoms with Crippen molar-refractivity contribution >= 4 is 81.6 Å². The molecule has 0 radical (unpaired) electrons. The number of aromatic nitrogens is 4. The molecule has 7 N–H and O–H groups in total. The van der Waals surface area contributed by atoms with Crippen LogP contribution in [0.25, 0.3) is 23.1 Å². The number of rotatable bonds is 41. The highest BCUT2D eigenvalue weighted by Crippen LogP contribution is 2.44. The fourth-order valence-corrected chi connectivity index (χ4v) is 13.5. The molecule has 0 saturated heterocycles. The summed E-state index contributed by atoms with van der Waals surface area (Å²) in [4.78, 5) is 106. The third-order valence-corrected chi connectivity index (χ3v) is 19.2. The summed E-state index contributed by atoms with van der Waals surface area (Å²) in [6, 6.07) is 18.9. The highest BCUT2D eigenvalue weighted by Gasteiger charge is 2.42. The number of benzene rings is 3. The SMILES string of the molecule is C=Cc1c2[nH]c(c1C)C=C1N=C(C(CC(=O)OC)c3[nH]c(c(C)c3C(=O)NCCNC(=O)COCC(=O)NCCCOCCOCCOCCCNC(=O)Cc3cccc(C#Cc4cccc(Nc5ncnc6cc(OCCOC)c(OCCOC)cc56)c4)c3)CC3=NC(C2)C(C)=C3CC)[C@@H](CCC(=O)OC)[C@@H]1C. The summed E-state index contributed by atoms with van der Waals surface area (Å²) >= 11 is 0. The molecule has 4 amide bonds. The number of ether oxygens (including phenoxy) is 10. The van der Waals surface area contributed by atoms with E-state index in [1.807, 2.05) is 79.7 Å². The lowest BCUT2D eigenvalue weighted by Gasteiger charge is -2.24. The van der Waals surface area contributed by atoms with Crippen molar-refractivity contribution in [1.82, 2.24) is 41.2 Å². The third kappa shape index (κ3) is 23.6. The average molecular weight is 1500 g/mol. The molecule has 27 heteroatoms. The van der Waals surface area contributed by atoms with Crippen molar-refractivity contribution in [2.45, 2.75) is 104 Å². The maximum atomic E-state index is 14.7. The van der Waals surface area contributed by atoms with Crippen LogP contribution in [-0.4, -0.2) is 207 Å². The van der Waals surface area contributed by atoms with Gasteiger partial charge in [-0.25, -0.2) is 9.97 Å². The molecule has 2 unspecified atom stereocenters. The van der Waals surface area contributed by atoms with E-state index in [0.717, 1.165) is 79.4 Å². The first kappa shape index (κ1) is 82.7. The normalized spacial score (nSPS) is 15.8. The zero-order chi connectivity index (χ0) is 77.6. The van der Waals surface area contributed by atoms with Crippen molar-refractivity contribution < 1.29 is 76.1 Å². The van der Waals surface area contributed by atoms with Gasteiger partial charge in [0, 0.05) is 159 Å². The van der Waals surface area contributed by atoms with Crippen LogP contribution in [0.3, 0.4) is 0 Å².